The fourth-order valence-corrected chi connectivity index (χ4v) is 2.35. The van der Waals surface area contributed by atoms with E-state index in [4.69, 9.17) is 4.74 Å². The zero-order valence-corrected chi connectivity index (χ0v) is 12.9. The van der Waals surface area contributed by atoms with Crippen molar-refractivity contribution in [2.45, 2.75) is 19.9 Å². The van der Waals surface area contributed by atoms with E-state index in [1.807, 2.05) is 6.92 Å². The van der Waals surface area contributed by atoms with E-state index in [1.165, 1.54) is 0 Å². The van der Waals surface area contributed by atoms with Crippen molar-refractivity contribution in [2.24, 2.45) is 0 Å². The van der Waals surface area contributed by atoms with Crippen molar-refractivity contribution in [1.29, 1.82) is 0 Å². The van der Waals surface area contributed by atoms with Crippen LogP contribution in [0.15, 0.2) is 18.2 Å². The fraction of sp³-hybridized carbons (Fsp3) is 0.462. The molecule has 0 fully saturated rings. The third-order valence-electron chi connectivity index (χ3n) is 2.58. The minimum Gasteiger partial charge on any atom is -0.383 e. The molecule has 7 heteroatoms. The standard InChI is InChI=1S/C13H20N2O4S/c1-9-7-11(13(16)14-10(2)8-19-3)5-6-12(9)15-20(4,17)18/h5-7,10,15H,8H2,1-4H3,(H,14,16)/t10-/m0/s1. The van der Waals surface area contributed by atoms with E-state index in [2.05, 4.69) is 10.0 Å². The number of methoxy groups -OCH3 is 1. The van der Waals surface area contributed by atoms with E-state index in [0.717, 1.165) is 6.26 Å². The number of carbonyl (C=O) groups excluding carboxylic acids is 1. The molecule has 0 aromatic heterocycles. The van der Waals surface area contributed by atoms with Gasteiger partial charge in [0, 0.05) is 18.7 Å². The summed E-state index contributed by atoms with van der Waals surface area (Å²) in [5.41, 5.74) is 1.63. The highest BCUT2D eigenvalue weighted by atomic mass is 32.2. The van der Waals surface area contributed by atoms with Crippen LogP contribution in [0.2, 0.25) is 0 Å². The molecule has 0 saturated heterocycles. The summed E-state index contributed by atoms with van der Waals surface area (Å²) in [6.45, 7) is 4.01. The Balaban J connectivity index is 2.84. The summed E-state index contributed by atoms with van der Waals surface area (Å²) >= 11 is 0. The average molecular weight is 300 g/mol. The summed E-state index contributed by atoms with van der Waals surface area (Å²) in [5.74, 6) is -0.219. The Morgan fingerprint density at radius 1 is 1.40 bits per heavy atom. The molecule has 0 saturated carbocycles. The summed E-state index contributed by atoms with van der Waals surface area (Å²) in [6, 6.07) is 4.70. The normalized spacial score (nSPS) is 12.8. The van der Waals surface area contributed by atoms with Gasteiger partial charge in [0.15, 0.2) is 0 Å². The first kappa shape index (κ1) is 16.5. The maximum Gasteiger partial charge on any atom is 0.251 e. The third kappa shape index (κ3) is 5.18. The Hall–Kier alpha value is -1.60. The highest BCUT2D eigenvalue weighted by molar-refractivity contribution is 7.92. The molecule has 0 aliphatic rings. The maximum atomic E-state index is 12.0. The molecule has 0 radical (unpaired) electrons. The minimum absolute atomic E-state index is 0.0957. The number of rotatable bonds is 6. The molecule has 0 aliphatic heterocycles. The van der Waals surface area contributed by atoms with Crippen molar-refractivity contribution in [2.75, 3.05) is 24.7 Å². The smallest absolute Gasteiger partial charge is 0.251 e. The van der Waals surface area contributed by atoms with Crippen molar-refractivity contribution in [1.82, 2.24) is 5.32 Å². The number of aryl methyl sites for hydroxylation is 1. The Morgan fingerprint density at radius 3 is 2.55 bits per heavy atom. The van der Waals surface area contributed by atoms with Crippen molar-refractivity contribution in [3.63, 3.8) is 0 Å². The molecule has 1 atom stereocenters. The fourth-order valence-electron chi connectivity index (χ4n) is 1.72. The van der Waals surface area contributed by atoms with Gasteiger partial charge >= 0.3 is 0 Å². The van der Waals surface area contributed by atoms with Crippen LogP contribution in [0.1, 0.15) is 22.8 Å². The molecule has 2 N–H and O–H groups in total. The van der Waals surface area contributed by atoms with E-state index in [-0.39, 0.29) is 11.9 Å². The van der Waals surface area contributed by atoms with Gasteiger partial charge in [-0.25, -0.2) is 8.42 Å². The van der Waals surface area contributed by atoms with E-state index >= 15 is 0 Å². The largest absolute Gasteiger partial charge is 0.383 e. The Labute approximate surface area is 119 Å². The predicted octanol–water partition coefficient (Wildman–Crippen LogP) is 1.13. The van der Waals surface area contributed by atoms with Crippen LogP contribution in [-0.2, 0) is 14.8 Å². The Bertz CT molecular complexity index is 584. The van der Waals surface area contributed by atoms with Crippen LogP contribution in [0.5, 0.6) is 0 Å². The zero-order valence-electron chi connectivity index (χ0n) is 12.1. The minimum atomic E-state index is -3.33. The SMILES string of the molecule is COC[C@H](C)NC(=O)c1ccc(NS(C)(=O)=O)c(C)c1. The molecule has 0 bridgehead atoms. The lowest BCUT2D eigenvalue weighted by molar-refractivity contribution is 0.0905. The Morgan fingerprint density at radius 2 is 2.05 bits per heavy atom. The first-order valence-electron chi connectivity index (χ1n) is 6.11. The van der Waals surface area contributed by atoms with Gasteiger partial charge in [-0.05, 0) is 37.6 Å². The molecule has 0 unspecified atom stereocenters. The summed E-state index contributed by atoms with van der Waals surface area (Å²) in [7, 11) is -1.76. The maximum absolute atomic E-state index is 12.0. The van der Waals surface area contributed by atoms with Gasteiger partial charge in [0.05, 0.1) is 18.6 Å². The van der Waals surface area contributed by atoms with Gasteiger partial charge in [-0.2, -0.15) is 0 Å². The zero-order chi connectivity index (χ0) is 15.3. The van der Waals surface area contributed by atoms with Crippen LogP contribution in [0.25, 0.3) is 0 Å². The van der Waals surface area contributed by atoms with Crippen LogP contribution in [0.4, 0.5) is 5.69 Å². The molecule has 0 spiro atoms. The van der Waals surface area contributed by atoms with Crippen LogP contribution in [0, 0.1) is 6.92 Å². The van der Waals surface area contributed by atoms with Crippen LogP contribution < -0.4 is 10.0 Å². The molecule has 6 nitrogen and oxygen atoms in total. The number of amides is 1. The second-order valence-corrected chi connectivity index (χ2v) is 6.48. The van der Waals surface area contributed by atoms with Gasteiger partial charge in [0.1, 0.15) is 0 Å². The summed E-state index contributed by atoms with van der Waals surface area (Å²) in [6.07, 6.45) is 1.08. The lowest BCUT2D eigenvalue weighted by atomic mass is 10.1. The molecule has 0 heterocycles. The van der Waals surface area contributed by atoms with Crippen molar-refractivity contribution >= 4 is 21.6 Å². The molecular formula is C13H20N2O4S. The molecule has 1 rings (SSSR count). The molecule has 1 aromatic carbocycles. The number of carbonyl (C=O) groups is 1. The molecule has 1 amide bonds. The monoisotopic (exact) mass is 300 g/mol. The molecule has 20 heavy (non-hydrogen) atoms. The van der Waals surface area contributed by atoms with Gasteiger partial charge in [0.2, 0.25) is 10.0 Å². The second-order valence-electron chi connectivity index (χ2n) is 4.73. The highest BCUT2D eigenvalue weighted by Crippen LogP contribution is 2.17. The number of ether oxygens (including phenoxy) is 1. The van der Waals surface area contributed by atoms with E-state index in [9.17, 15) is 13.2 Å². The van der Waals surface area contributed by atoms with Crippen LogP contribution in [0.3, 0.4) is 0 Å². The predicted molar refractivity (Wildman–Crippen MR) is 78.4 cm³/mol. The van der Waals surface area contributed by atoms with E-state index < -0.39 is 10.0 Å². The third-order valence-corrected chi connectivity index (χ3v) is 3.17. The highest BCUT2D eigenvalue weighted by Gasteiger charge is 2.12. The molecule has 112 valence electrons. The quantitative estimate of drug-likeness (QED) is 0.825. The number of hydrogen-bond acceptors (Lipinski definition) is 4. The number of anilines is 1. The first-order valence-corrected chi connectivity index (χ1v) is 8.00. The molecule has 1 aromatic rings. The van der Waals surface area contributed by atoms with Gasteiger partial charge in [-0.1, -0.05) is 0 Å². The lowest BCUT2D eigenvalue weighted by Gasteiger charge is -2.14. The summed E-state index contributed by atoms with van der Waals surface area (Å²) < 4.78 is 29.7. The van der Waals surface area contributed by atoms with Crippen molar-refractivity contribution < 1.29 is 17.9 Å². The number of benzene rings is 1. The summed E-state index contributed by atoms with van der Waals surface area (Å²) in [5, 5.41) is 2.79. The lowest BCUT2D eigenvalue weighted by Crippen LogP contribution is -2.35. The van der Waals surface area contributed by atoms with E-state index in [0.29, 0.717) is 23.4 Å². The average Bonchev–Trinajstić information content (AvgIpc) is 2.30. The van der Waals surface area contributed by atoms with Gasteiger partial charge in [0.25, 0.3) is 5.91 Å². The summed E-state index contributed by atoms with van der Waals surface area (Å²) in [4.78, 5) is 12.0. The van der Waals surface area contributed by atoms with Crippen LogP contribution >= 0.6 is 0 Å². The number of sulfonamides is 1. The number of nitrogens with one attached hydrogen (secondary N) is 2. The second kappa shape index (κ2) is 6.71. The molecule has 0 aliphatic carbocycles. The van der Waals surface area contributed by atoms with Crippen molar-refractivity contribution in [3.8, 4) is 0 Å². The first-order chi connectivity index (χ1) is 9.23. The van der Waals surface area contributed by atoms with E-state index in [1.54, 1.807) is 32.2 Å². The number of hydrogen-bond donors (Lipinski definition) is 2. The Kier molecular flexibility index (Phi) is 5.52. The van der Waals surface area contributed by atoms with Crippen molar-refractivity contribution in [3.05, 3.63) is 29.3 Å². The molecular weight excluding hydrogens is 280 g/mol. The van der Waals surface area contributed by atoms with Gasteiger partial charge < -0.3 is 10.1 Å². The van der Waals surface area contributed by atoms with Gasteiger partial charge in [-0.15, -0.1) is 0 Å². The topological polar surface area (TPSA) is 84.5 Å². The van der Waals surface area contributed by atoms with Gasteiger partial charge in [-0.3, -0.25) is 9.52 Å². The van der Waals surface area contributed by atoms with Crippen LogP contribution in [-0.4, -0.2) is 40.3 Å².